The normalized spacial score (nSPS) is 14.2. The zero-order chi connectivity index (χ0) is 8.72. The maximum atomic E-state index is 11.1. The van der Waals surface area contributed by atoms with Gasteiger partial charge in [-0.05, 0) is 24.6 Å². The largest absolute Gasteiger partial charge is 0.507 e. The van der Waals surface area contributed by atoms with Gasteiger partial charge in [0.1, 0.15) is 17.1 Å². The number of fused-ring (bicyclic) bond motifs is 1. The highest BCUT2D eigenvalue weighted by Crippen LogP contribution is 2.33. The van der Waals surface area contributed by atoms with Crippen molar-refractivity contribution in [3.8, 4) is 11.5 Å². The summed E-state index contributed by atoms with van der Waals surface area (Å²) in [5, 5.41) is 9.38. The van der Waals surface area contributed by atoms with Crippen molar-refractivity contribution in [2.75, 3.05) is 6.61 Å². The average Bonchev–Trinajstić information content (AvgIpc) is 2.31. The van der Waals surface area contributed by atoms with Crippen LogP contribution in [0.3, 0.4) is 0 Å². The Kier molecular flexibility index (Phi) is 1.33. The second-order valence-electron chi connectivity index (χ2n) is 2.87. The summed E-state index contributed by atoms with van der Waals surface area (Å²) in [6, 6.07) is 3.31. The Bertz CT molecular complexity index is 355. The van der Waals surface area contributed by atoms with Gasteiger partial charge in [-0.15, -0.1) is 0 Å². The van der Waals surface area contributed by atoms with Crippen LogP contribution in [-0.2, 0) is 0 Å². The summed E-state index contributed by atoms with van der Waals surface area (Å²) in [6.07, 6.45) is 0. The molecular weight excluding hydrogens is 156 g/mol. The van der Waals surface area contributed by atoms with Crippen LogP contribution in [0.2, 0.25) is 0 Å². The second-order valence-corrected chi connectivity index (χ2v) is 2.87. The fourth-order valence-corrected chi connectivity index (χ4v) is 1.34. The number of rotatable bonds is 0. The SMILES string of the molecule is Cc1cc(O)c2c(c1)OCC2=O. The number of aryl methyl sites for hydroxylation is 1. The number of ether oxygens (including phenoxy) is 1. The Morgan fingerprint density at radius 3 is 3.00 bits per heavy atom. The number of phenols is 1. The molecule has 0 saturated heterocycles. The molecule has 1 N–H and O–H groups in total. The third-order valence-electron chi connectivity index (χ3n) is 1.86. The number of aromatic hydroxyl groups is 1. The summed E-state index contributed by atoms with van der Waals surface area (Å²) in [6.45, 7) is 1.89. The van der Waals surface area contributed by atoms with Gasteiger partial charge in [-0.1, -0.05) is 0 Å². The van der Waals surface area contributed by atoms with Crippen molar-refractivity contribution in [2.24, 2.45) is 0 Å². The molecule has 0 spiro atoms. The van der Waals surface area contributed by atoms with E-state index in [-0.39, 0.29) is 18.1 Å². The number of benzene rings is 1. The third-order valence-corrected chi connectivity index (χ3v) is 1.86. The number of phenolic OH excluding ortho intramolecular Hbond substituents is 1. The minimum Gasteiger partial charge on any atom is -0.507 e. The van der Waals surface area contributed by atoms with Crippen molar-refractivity contribution in [1.29, 1.82) is 0 Å². The molecule has 0 atom stereocenters. The van der Waals surface area contributed by atoms with Crippen LogP contribution >= 0.6 is 0 Å². The van der Waals surface area contributed by atoms with Crippen molar-refractivity contribution in [3.63, 3.8) is 0 Å². The smallest absolute Gasteiger partial charge is 0.207 e. The zero-order valence-corrected chi connectivity index (χ0v) is 6.63. The van der Waals surface area contributed by atoms with Gasteiger partial charge in [0, 0.05) is 0 Å². The first kappa shape index (κ1) is 7.16. The van der Waals surface area contributed by atoms with Crippen molar-refractivity contribution >= 4 is 5.78 Å². The molecule has 1 aliphatic rings. The Hall–Kier alpha value is -1.51. The molecule has 0 unspecified atom stereocenters. The van der Waals surface area contributed by atoms with E-state index in [2.05, 4.69) is 0 Å². The second kappa shape index (κ2) is 2.24. The van der Waals surface area contributed by atoms with Crippen molar-refractivity contribution in [2.45, 2.75) is 6.92 Å². The van der Waals surface area contributed by atoms with Crippen LogP contribution in [0, 0.1) is 6.92 Å². The predicted octanol–water partition coefficient (Wildman–Crippen LogP) is 1.28. The number of carbonyl (C=O) groups is 1. The molecule has 0 saturated carbocycles. The molecule has 1 aliphatic heterocycles. The Balaban J connectivity index is 2.68. The number of ketones is 1. The predicted molar refractivity (Wildman–Crippen MR) is 42.7 cm³/mol. The van der Waals surface area contributed by atoms with Crippen LogP contribution in [0.15, 0.2) is 12.1 Å². The van der Waals surface area contributed by atoms with Crippen LogP contribution in [0.1, 0.15) is 15.9 Å². The van der Waals surface area contributed by atoms with Gasteiger partial charge in [-0.2, -0.15) is 0 Å². The monoisotopic (exact) mass is 164 g/mol. The van der Waals surface area contributed by atoms with E-state index in [1.807, 2.05) is 6.92 Å². The Labute approximate surface area is 69.6 Å². The quantitative estimate of drug-likeness (QED) is 0.628. The van der Waals surface area contributed by atoms with E-state index in [0.29, 0.717) is 11.3 Å². The number of hydrogen-bond acceptors (Lipinski definition) is 3. The highest BCUT2D eigenvalue weighted by Gasteiger charge is 2.24. The minimum absolute atomic E-state index is 0.0208. The zero-order valence-electron chi connectivity index (χ0n) is 6.63. The lowest BCUT2D eigenvalue weighted by Crippen LogP contribution is -1.99. The van der Waals surface area contributed by atoms with Gasteiger partial charge in [-0.3, -0.25) is 4.79 Å². The first-order valence-electron chi connectivity index (χ1n) is 3.68. The van der Waals surface area contributed by atoms with E-state index in [9.17, 15) is 9.90 Å². The molecule has 3 heteroatoms. The van der Waals surface area contributed by atoms with Crippen LogP contribution in [0.25, 0.3) is 0 Å². The number of hydrogen-bond donors (Lipinski definition) is 1. The van der Waals surface area contributed by atoms with Crippen molar-refractivity contribution in [1.82, 2.24) is 0 Å². The molecule has 1 aromatic carbocycles. The lowest BCUT2D eigenvalue weighted by molar-refractivity contribution is 0.0959. The molecule has 1 aromatic rings. The highest BCUT2D eigenvalue weighted by molar-refractivity contribution is 6.04. The van der Waals surface area contributed by atoms with Crippen LogP contribution < -0.4 is 4.74 Å². The molecule has 2 rings (SSSR count). The van der Waals surface area contributed by atoms with E-state index >= 15 is 0 Å². The Morgan fingerprint density at radius 1 is 1.50 bits per heavy atom. The van der Waals surface area contributed by atoms with Gasteiger partial charge < -0.3 is 9.84 Å². The molecule has 0 bridgehead atoms. The molecular formula is C9H8O3. The maximum absolute atomic E-state index is 11.1. The van der Waals surface area contributed by atoms with Crippen LogP contribution in [0.4, 0.5) is 0 Å². The summed E-state index contributed by atoms with van der Waals surface area (Å²) in [4.78, 5) is 11.1. The molecule has 1 heterocycles. The van der Waals surface area contributed by atoms with E-state index in [0.717, 1.165) is 5.56 Å². The first-order chi connectivity index (χ1) is 5.68. The van der Waals surface area contributed by atoms with Gasteiger partial charge in [0.15, 0.2) is 6.61 Å². The molecule has 0 radical (unpaired) electrons. The summed E-state index contributed by atoms with van der Waals surface area (Å²) in [5.74, 6) is 0.368. The summed E-state index contributed by atoms with van der Waals surface area (Å²) in [5.41, 5.74) is 1.21. The van der Waals surface area contributed by atoms with Gasteiger partial charge in [0.2, 0.25) is 5.78 Å². The van der Waals surface area contributed by atoms with E-state index in [1.165, 1.54) is 0 Å². The highest BCUT2D eigenvalue weighted by atomic mass is 16.5. The van der Waals surface area contributed by atoms with Gasteiger partial charge in [0.05, 0.1) is 0 Å². The first-order valence-corrected chi connectivity index (χ1v) is 3.68. The molecule has 0 aliphatic carbocycles. The molecule has 0 aromatic heterocycles. The topological polar surface area (TPSA) is 46.5 Å². The fourth-order valence-electron chi connectivity index (χ4n) is 1.34. The summed E-state index contributed by atoms with van der Waals surface area (Å²) in [7, 11) is 0. The lowest BCUT2D eigenvalue weighted by atomic mass is 10.1. The molecule has 62 valence electrons. The Morgan fingerprint density at radius 2 is 2.25 bits per heavy atom. The third kappa shape index (κ3) is 0.863. The number of Topliss-reactive ketones (excluding diaryl/α,β-unsaturated/α-hetero) is 1. The van der Waals surface area contributed by atoms with Crippen molar-refractivity contribution in [3.05, 3.63) is 23.3 Å². The van der Waals surface area contributed by atoms with E-state index < -0.39 is 0 Å². The van der Waals surface area contributed by atoms with Gasteiger partial charge in [-0.25, -0.2) is 0 Å². The van der Waals surface area contributed by atoms with Crippen molar-refractivity contribution < 1.29 is 14.6 Å². The maximum Gasteiger partial charge on any atom is 0.207 e. The fraction of sp³-hybridized carbons (Fsp3) is 0.222. The summed E-state index contributed by atoms with van der Waals surface area (Å²) < 4.78 is 5.06. The molecule has 12 heavy (non-hydrogen) atoms. The van der Waals surface area contributed by atoms with E-state index in [1.54, 1.807) is 12.1 Å². The van der Waals surface area contributed by atoms with Crippen LogP contribution in [0.5, 0.6) is 11.5 Å². The van der Waals surface area contributed by atoms with Gasteiger partial charge >= 0.3 is 0 Å². The number of carbonyl (C=O) groups excluding carboxylic acids is 1. The van der Waals surface area contributed by atoms with E-state index in [4.69, 9.17) is 4.74 Å². The average molecular weight is 164 g/mol. The molecule has 0 fully saturated rings. The molecule has 0 amide bonds. The molecule has 3 nitrogen and oxygen atoms in total. The standard InChI is InChI=1S/C9H8O3/c1-5-2-6(10)9-7(11)4-12-8(9)3-5/h2-3,10H,4H2,1H3. The lowest BCUT2D eigenvalue weighted by Gasteiger charge is -2.00. The van der Waals surface area contributed by atoms with Gasteiger partial charge in [0.25, 0.3) is 0 Å². The van der Waals surface area contributed by atoms with Crippen LogP contribution in [-0.4, -0.2) is 17.5 Å². The summed E-state index contributed by atoms with van der Waals surface area (Å²) >= 11 is 0. The minimum atomic E-state index is -0.150.